The van der Waals surface area contributed by atoms with Crippen LogP contribution in [0.25, 0.3) is 0 Å². The van der Waals surface area contributed by atoms with Crippen molar-refractivity contribution < 1.29 is 4.79 Å². The summed E-state index contributed by atoms with van der Waals surface area (Å²) in [5.41, 5.74) is -0.185. The second-order valence-corrected chi connectivity index (χ2v) is 5.36. The molecule has 1 aliphatic rings. The fourth-order valence-electron chi connectivity index (χ4n) is 2.68. The van der Waals surface area contributed by atoms with E-state index in [9.17, 15) is 4.79 Å². The quantitative estimate of drug-likeness (QED) is 0.668. The van der Waals surface area contributed by atoms with E-state index in [2.05, 4.69) is 18.4 Å². The summed E-state index contributed by atoms with van der Waals surface area (Å²) in [6, 6.07) is 0. The fraction of sp³-hybridized carbons (Fsp3) is 0.786. The summed E-state index contributed by atoms with van der Waals surface area (Å²) < 4.78 is 0. The van der Waals surface area contributed by atoms with Gasteiger partial charge in [-0.3, -0.25) is 9.69 Å². The molecule has 0 saturated heterocycles. The van der Waals surface area contributed by atoms with Gasteiger partial charge in [0.25, 0.3) is 0 Å². The predicted molar refractivity (Wildman–Crippen MR) is 68.5 cm³/mol. The highest BCUT2D eigenvalue weighted by atomic mass is 16.1. The zero-order chi connectivity index (χ0) is 12.2. The van der Waals surface area contributed by atoms with Gasteiger partial charge in [0.05, 0.1) is 5.54 Å². The minimum atomic E-state index is -0.185. The van der Waals surface area contributed by atoms with E-state index in [-0.39, 0.29) is 5.54 Å². The lowest BCUT2D eigenvalue weighted by Crippen LogP contribution is -2.53. The van der Waals surface area contributed by atoms with Crippen molar-refractivity contribution in [2.45, 2.75) is 51.0 Å². The molecule has 0 aromatic heterocycles. The van der Waals surface area contributed by atoms with Crippen molar-refractivity contribution in [1.29, 1.82) is 0 Å². The van der Waals surface area contributed by atoms with Gasteiger partial charge in [-0.2, -0.15) is 0 Å². The van der Waals surface area contributed by atoms with Crippen molar-refractivity contribution in [2.75, 3.05) is 14.1 Å². The highest BCUT2D eigenvalue weighted by Gasteiger charge is 2.41. The summed E-state index contributed by atoms with van der Waals surface area (Å²) in [6.45, 7) is 5.98. The number of likely N-dealkylation sites (N-methyl/N-ethyl adjacent to an activating group) is 1. The maximum atomic E-state index is 12.3. The number of nitrogens with zero attached hydrogens (tertiary/aromatic N) is 1. The molecule has 0 spiro atoms. The van der Waals surface area contributed by atoms with E-state index in [4.69, 9.17) is 0 Å². The number of Topliss-reactive ketones (excluding diaryl/α,β-unsaturated/α-hetero) is 1. The molecule has 0 heterocycles. The van der Waals surface area contributed by atoms with Gasteiger partial charge in [0.2, 0.25) is 0 Å². The SMILES string of the molecule is C=CCCC(=O)C1(N(C)C)CCC(C)CC1. The first kappa shape index (κ1) is 13.4. The van der Waals surface area contributed by atoms with Gasteiger partial charge in [-0.25, -0.2) is 0 Å². The molecule has 0 aromatic rings. The molecule has 0 amide bonds. The smallest absolute Gasteiger partial charge is 0.153 e. The minimum absolute atomic E-state index is 0.185. The summed E-state index contributed by atoms with van der Waals surface area (Å²) in [7, 11) is 4.09. The first-order valence-electron chi connectivity index (χ1n) is 6.34. The van der Waals surface area contributed by atoms with Crippen LogP contribution in [-0.4, -0.2) is 30.3 Å². The van der Waals surface area contributed by atoms with E-state index >= 15 is 0 Å². The highest BCUT2D eigenvalue weighted by Crippen LogP contribution is 2.36. The Morgan fingerprint density at radius 1 is 1.44 bits per heavy atom. The Bertz CT molecular complexity index is 249. The lowest BCUT2D eigenvalue weighted by atomic mass is 9.73. The van der Waals surface area contributed by atoms with Crippen LogP contribution in [0.4, 0.5) is 0 Å². The normalized spacial score (nSPS) is 30.4. The van der Waals surface area contributed by atoms with E-state index < -0.39 is 0 Å². The van der Waals surface area contributed by atoms with Gasteiger partial charge in [-0.1, -0.05) is 13.0 Å². The van der Waals surface area contributed by atoms with Gasteiger partial charge in [-0.15, -0.1) is 6.58 Å². The molecule has 1 saturated carbocycles. The Hall–Kier alpha value is -0.630. The van der Waals surface area contributed by atoms with Gasteiger partial charge in [0.1, 0.15) is 0 Å². The van der Waals surface area contributed by atoms with Gasteiger partial charge < -0.3 is 0 Å². The molecule has 0 radical (unpaired) electrons. The lowest BCUT2D eigenvalue weighted by molar-refractivity contribution is -0.132. The van der Waals surface area contributed by atoms with E-state index in [1.807, 2.05) is 20.2 Å². The number of rotatable bonds is 5. The Balaban J connectivity index is 2.72. The largest absolute Gasteiger partial charge is 0.298 e. The maximum Gasteiger partial charge on any atom is 0.153 e. The Labute approximate surface area is 99.7 Å². The van der Waals surface area contributed by atoms with E-state index in [1.54, 1.807) is 0 Å². The number of carbonyl (C=O) groups is 1. The zero-order valence-corrected chi connectivity index (χ0v) is 11.0. The molecule has 0 unspecified atom stereocenters. The van der Waals surface area contributed by atoms with Gasteiger partial charge in [0.15, 0.2) is 5.78 Å². The Kier molecular flexibility index (Phi) is 4.72. The minimum Gasteiger partial charge on any atom is -0.298 e. The summed E-state index contributed by atoms with van der Waals surface area (Å²) >= 11 is 0. The van der Waals surface area contributed by atoms with Gasteiger partial charge in [-0.05, 0) is 52.1 Å². The number of hydrogen-bond acceptors (Lipinski definition) is 2. The van der Waals surface area contributed by atoms with Crippen LogP contribution in [0.3, 0.4) is 0 Å². The van der Waals surface area contributed by atoms with Crippen LogP contribution in [0.5, 0.6) is 0 Å². The van der Waals surface area contributed by atoms with Crippen molar-refractivity contribution in [3.8, 4) is 0 Å². The predicted octanol–water partition coefficient (Wildman–Crippen LogP) is 3.03. The molecular formula is C14H25NO. The van der Waals surface area contributed by atoms with Crippen molar-refractivity contribution in [2.24, 2.45) is 5.92 Å². The van der Waals surface area contributed by atoms with Gasteiger partial charge in [0, 0.05) is 6.42 Å². The number of hydrogen-bond donors (Lipinski definition) is 0. The lowest BCUT2D eigenvalue weighted by Gasteiger charge is -2.43. The fourth-order valence-corrected chi connectivity index (χ4v) is 2.68. The average Bonchev–Trinajstić information content (AvgIpc) is 2.26. The third-order valence-electron chi connectivity index (χ3n) is 4.05. The summed E-state index contributed by atoms with van der Waals surface area (Å²) in [6.07, 6.45) is 7.71. The molecule has 92 valence electrons. The molecule has 2 heteroatoms. The molecule has 0 atom stereocenters. The van der Waals surface area contributed by atoms with Crippen LogP contribution >= 0.6 is 0 Å². The van der Waals surface area contributed by atoms with Crippen molar-refractivity contribution in [3.05, 3.63) is 12.7 Å². The molecular weight excluding hydrogens is 198 g/mol. The summed E-state index contributed by atoms with van der Waals surface area (Å²) in [5.74, 6) is 1.18. The second-order valence-electron chi connectivity index (χ2n) is 5.36. The average molecular weight is 223 g/mol. The van der Waals surface area contributed by atoms with Crippen molar-refractivity contribution in [3.63, 3.8) is 0 Å². The molecule has 0 aromatic carbocycles. The van der Waals surface area contributed by atoms with E-state index in [1.165, 1.54) is 12.8 Å². The molecule has 0 bridgehead atoms. The van der Waals surface area contributed by atoms with Crippen LogP contribution in [0.15, 0.2) is 12.7 Å². The van der Waals surface area contributed by atoms with Crippen molar-refractivity contribution >= 4 is 5.78 Å². The molecule has 1 rings (SSSR count). The topological polar surface area (TPSA) is 20.3 Å². The second kappa shape index (κ2) is 5.62. The molecule has 2 nitrogen and oxygen atoms in total. The third-order valence-corrected chi connectivity index (χ3v) is 4.05. The van der Waals surface area contributed by atoms with Crippen LogP contribution in [0.1, 0.15) is 45.4 Å². The van der Waals surface area contributed by atoms with Crippen LogP contribution in [0, 0.1) is 5.92 Å². The summed E-state index contributed by atoms with van der Waals surface area (Å²) in [4.78, 5) is 14.5. The Morgan fingerprint density at radius 2 is 2.00 bits per heavy atom. The molecule has 0 N–H and O–H groups in total. The summed E-state index contributed by atoms with van der Waals surface area (Å²) in [5, 5.41) is 0. The molecule has 1 fully saturated rings. The number of ketones is 1. The number of carbonyl (C=O) groups excluding carboxylic acids is 1. The molecule has 16 heavy (non-hydrogen) atoms. The van der Waals surface area contributed by atoms with Crippen molar-refractivity contribution in [1.82, 2.24) is 4.90 Å². The standard InChI is InChI=1S/C14H25NO/c1-5-6-7-13(16)14(15(3)4)10-8-12(2)9-11-14/h5,12H,1,6-11H2,2-4H3. The number of allylic oxidation sites excluding steroid dienone is 1. The van der Waals surface area contributed by atoms with Crippen LogP contribution < -0.4 is 0 Å². The van der Waals surface area contributed by atoms with Gasteiger partial charge >= 0.3 is 0 Å². The van der Waals surface area contributed by atoms with Crippen LogP contribution in [0.2, 0.25) is 0 Å². The molecule has 1 aliphatic carbocycles. The third kappa shape index (κ3) is 2.73. The van der Waals surface area contributed by atoms with E-state index in [0.29, 0.717) is 12.2 Å². The first-order valence-corrected chi connectivity index (χ1v) is 6.34. The zero-order valence-electron chi connectivity index (χ0n) is 11.0. The van der Waals surface area contributed by atoms with E-state index in [0.717, 1.165) is 25.2 Å². The maximum absolute atomic E-state index is 12.3. The first-order chi connectivity index (χ1) is 7.53. The monoisotopic (exact) mass is 223 g/mol. The molecule has 0 aliphatic heterocycles. The highest BCUT2D eigenvalue weighted by molar-refractivity contribution is 5.88. The van der Waals surface area contributed by atoms with Crippen LogP contribution in [-0.2, 0) is 4.79 Å². The Morgan fingerprint density at radius 3 is 2.44 bits per heavy atom.